The third kappa shape index (κ3) is 4.44. The van der Waals surface area contributed by atoms with Crippen LogP contribution in [0.2, 0.25) is 0 Å². The predicted octanol–water partition coefficient (Wildman–Crippen LogP) is 2.97. The van der Waals surface area contributed by atoms with Crippen LogP contribution in [0.1, 0.15) is 71.4 Å². The molecule has 154 valence electrons. The first-order valence-corrected chi connectivity index (χ1v) is 10.6. The largest absolute Gasteiger partial charge is 0.383 e. The Labute approximate surface area is 171 Å². The maximum Gasteiger partial charge on any atom is 0.273 e. The molecule has 2 saturated carbocycles. The number of hydrogen-bond donors (Lipinski definition) is 3. The molecule has 4 N–H and O–H groups in total. The van der Waals surface area contributed by atoms with Crippen LogP contribution < -0.4 is 16.4 Å². The second-order valence-electron chi connectivity index (χ2n) is 8.31. The lowest BCUT2D eigenvalue weighted by atomic mass is 9.89. The van der Waals surface area contributed by atoms with E-state index >= 15 is 0 Å². The van der Waals surface area contributed by atoms with Crippen molar-refractivity contribution in [3.63, 3.8) is 0 Å². The Hall–Kier alpha value is -2.83. The molecule has 29 heavy (non-hydrogen) atoms. The van der Waals surface area contributed by atoms with Crippen LogP contribution in [0.4, 0.5) is 5.82 Å². The molecule has 0 atom stereocenters. The van der Waals surface area contributed by atoms with Crippen LogP contribution in [0.15, 0.2) is 24.5 Å². The number of carbonyl (C=O) groups excluding carboxylic acids is 2. The Bertz CT molecular complexity index is 910. The smallest absolute Gasteiger partial charge is 0.273 e. The minimum Gasteiger partial charge on any atom is -0.383 e. The molecule has 7 nitrogen and oxygen atoms in total. The molecule has 0 spiro atoms. The first-order valence-electron chi connectivity index (χ1n) is 10.6. The number of aromatic nitrogens is 2. The molecule has 1 aromatic carbocycles. The fourth-order valence-corrected chi connectivity index (χ4v) is 3.94. The number of hydrogen-bond acceptors (Lipinski definition) is 4. The molecule has 0 aliphatic heterocycles. The molecule has 1 aromatic heterocycles. The van der Waals surface area contributed by atoms with E-state index in [0.717, 1.165) is 24.1 Å². The molecule has 2 amide bonds. The number of nitrogens with two attached hydrogens (primary N) is 1. The summed E-state index contributed by atoms with van der Waals surface area (Å²) in [7, 11) is 0. The summed E-state index contributed by atoms with van der Waals surface area (Å²) in [6, 6.07) is 5.79. The van der Waals surface area contributed by atoms with E-state index in [9.17, 15) is 9.59 Å². The zero-order chi connectivity index (χ0) is 20.4. The van der Waals surface area contributed by atoms with Gasteiger partial charge in [0.15, 0.2) is 5.69 Å². The van der Waals surface area contributed by atoms with Crippen molar-refractivity contribution in [1.29, 1.82) is 0 Å². The molecule has 0 radical (unpaired) electrons. The number of carbonyl (C=O) groups is 2. The van der Waals surface area contributed by atoms with Crippen LogP contribution in [-0.4, -0.2) is 34.0 Å². The van der Waals surface area contributed by atoms with Crippen molar-refractivity contribution < 1.29 is 9.59 Å². The minimum atomic E-state index is -0.243. The zero-order valence-corrected chi connectivity index (χ0v) is 16.9. The lowest BCUT2D eigenvalue weighted by molar-refractivity contribution is 0.0935. The van der Waals surface area contributed by atoms with Gasteiger partial charge in [0.25, 0.3) is 11.8 Å². The van der Waals surface area contributed by atoms with E-state index in [1.54, 1.807) is 17.0 Å². The third-order valence-corrected chi connectivity index (χ3v) is 5.94. The van der Waals surface area contributed by atoms with E-state index < -0.39 is 0 Å². The van der Waals surface area contributed by atoms with Gasteiger partial charge in [-0.2, -0.15) is 0 Å². The second kappa shape index (κ2) is 8.27. The van der Waals surface area contributed by atoms with Crippen molar-refractivity contribution in [3.8, 4) is 5.69 Å². The number of nitrogens with zero attached hydrogens (tertiary/aromatic N) is 2. The Morgan fingerprint density at radius 2 is 1.90 bits per heavy atom. The number of anilines is 1. The summed E-state index contributed by atoms with van der Waals surface area (Å²) in [4.78, 5) is 29.3. The summed E-state index contributed by atoms with van der Waals surface area (Å²) in [6.45, 7) is 2.61. The molecule has 0 saturated heterocycles. The van der Waals surface area contributed by atoms with Crippen LogP contribution in [0.5, 0.6) is 0 Å². The van der Waals surface area contributed by atoms with Crippen molar-refractivity contribution in [2.45, 2.75) is 57.9 Å². The van der Waals surface area contributed by atoms with Gasteiger partial charge in [-0.25, -0.2) is 4.98 Å². The van der Waals surface area contributed by atoms with E-state index in [1.807, 2.05) is 19.1 Å². The summed E-state index contributed by atoms with van der Waals surface area (Å²) in [5, 5.41) is 5.98. The average Bonchev–Trinajstić information content (AvgIpc) is 3.46. The van der Waals surface area contributed by atoms with Gasteiger partial charge in [-0.3, -0.25) is 14.2 Å². The van der Waals surface area contributed by atoms with Crippen molar-refractivity contribution >= 4 is 17.6 Å². The standard InChI is InChI=1S/C22H29N5O2/c1-14-7-8-16(21(28)26-17-9-10-17)11-18(14)27-13-25-19(20(27)23)22(29)24-12-15-5-3-2-4-6-15/h7-8,11,13,15,17H,2-6,9-10,12,23H2,1H3,(H,24,29)(H,26,28). The fraction of sp³-hybridized carbons (Fsp3) is 0.500. The molecular weight excluding hydrogens is 366 g/mol. The van der Waals surface area contributed by atoms with Gasteiger partial charge in [-0.15, -0.1) is 0 Å². The molecule has 4 rings (SSSR count). The maximum atomic E-state index is 12.6. The maximum absolute atomic E-state index is 12.6. The van der Waals surface area contributed by atoms with Gasteiger partial charge in [0.1, 0.15) is 12.1 Å². The molecule has 1 heterocycles. The van der Waals surface area contributed by atoms with Crippen molar-refractivity contribution in [3.05, 3.63) is 41.3 Å². The Kier molecular flexibility index (Phi) is 5.56. The normalized spacial score (nSPS) is 17.1. The summed E-state index contributed by atoms with van der Waals surface area (Å²) in [5.41, 5.74) is 8.78. The van der Waals surface area contributed by atoms with Crippen molar-refractivity contribution in [2.24, 2.45) is 5.92 Å². The monoisotopic (exact) mass is 395 g/mol. The van der Waals surface area contributed by atoms with Crippen LogP contribution >= 0.6 is 0 Å². The first kappa shape index (κ1) is 19.5. The molecule has 0 unspecified atom stereocenters. The highest BCUT2D eigenvalue weighted by Crippen LogP contribution is 2.25. The highest BCUT2D eigenvalue weighted by molar-refractivity contribution is 5.97. The van der Waals surface area contributed by atoms with E-state index in [2.05, 4.69) is 15.6 Å². The van der Waals surface area contributed by atoms with Gasteiger partial charge in [-0.1, -0.05) is 25.3 Å². The van der Waals surface area contributed by atoms with E-state index in [4.69, 9.17) is 5.73 Å². The summed E-state index contributed by atoms with van der Waals surface area (Å²) >= 11 is 0. The number of imidazole rings is 1. The SMILES string of the molecule is Cc1ccc(C(=O)NC2CC2)cc1-n1cnc(C(=O)NCC2CCCCC2)c1N. The fourth-order valence-electron chi connectivity index (χ4n) is 3.94. The highest BCUT2D eigenvalue weighted by atomic mass is 16.2. The molecule has 2 aliphatic rings. The number of nitrogens with one attached hydrogen (secondary N) is 2. The summed E-state index contributed by atoms with van der Waals surface area (Å²) < 4.78 is 1.68. The number of benzene rings is 1. The summed E-state index contributed by atoms with van der Waals surface area (Å²) in [5.74, 6) is 0.499. The molecule has 2 aromatic rings. The third-order valence-electron chi connectivity index (χ3n) is 5.94. The van der Waals surface area contributed by atoms with E-state index in [0.29, 0.717) is 24.1 Å². The summed E-state index contributed by atoms with van der Waals surface area (Å²) in [6.07, 6.45) is 9.73. The number of aryl methyl sites for hydroxylation is 1. The first-order chi connectivity index (χ1) is 14.0. The van der Waals surface area contributed by atoms with Crippen LogP contribution in [0, 0.1) is 12.8 Å². The molecule has 7 heteroatoms. The van der Waals surface area contributed by atoms with Gasteiger partial charge in [-0.05, 0) is 56.2 Å². The molecule has 0 bridgehead atoms. The highest BCUT2D eigenvalue weighted by Gasteiger charge is 2.24. The number of amides is 2. The van der Waals surface area contributed by atoms with Crippen molar-refractivity contribution in [2.75, 3.05) is 12.3 Å². The van der Waals surface area contributed by atoms with E-state index in [1.165, 1.54) is 32.1 Å². The Morgan fingerprint density at radius 1 is 1.14 bits per heavy atom. The quantitative estimate of drug-likeness (QED) is 0.700. The second-order valence-corrected chi connectivity index (χ2v) is 8.31. The molecule has 2 fully saturated rings. The van der Waals surface area contributed by atoms with Gasteiger partial charge in [0.2, 0.25) is 0 Å². The van der Waals surface area contributed by atoms with Gasteiger partial charge in [0.05, 0.1) is 5.69 Å². The molecule has 2 aliphatic carbocycles. The van der Waals surface area contributed by atoms with Crippen LogP contribution in [0.25, 0.3) is 5.69 Å². The van der Waals surface area contributed by atoms with Gasteiger partial charge in [0, 0.05) is 18.2 Å². The topological polar surface area (TPSA) is 102 Å². The average molecular weight is 396 g/mol. The number of nitrogen functional groups attached to an aromatic ring is 1. The zero-order valence-electron chi connectivity index (χ0n) is 16.9. The van der Waals surface area contributed by atoms with Crippen molar-refractivity contribution in [1.82, 2.24) is 20.2 Å². The lowest BCUT2D eigenvalue weighted by Gasteiger charge is -2.21. The lowest BCUT2D eigenvalue weighted by Crippen LogP contribution is -2.31. The predicted molar refractivity (Wildman–Crippen MR) is 112 cm³/mol. The molecular formula is C22H29N5O2. The van der Waals surface area contributed by atoms with Gasteiger partial charge < -0.3 is 16.4 Å². The van der Waals surface area contributed by atoms with Crippen LogP contribution in [-0.2, 0) is 0 Å². The minimum absolute atomic E-state index is 0.0853. The van der Waals surface area contributed by atoms with Gasteiger partial charge >= 0.3 is 0 Å². The van der Waals surface area contributed by atoms with E-state index in [-0.39, 0.29) is 23.3 Å². The number of rotatable bonds is 6. The van der Waals surface area contributed by atoms with Crippen LogP contribution in [0.3, 0.4) is 0 Å². The Morgan fingerprint density at radius 3 is 2.62 bits per heavy atom. The Balaban J connectivity index is 1.49.